The number of aldehydes is 1. The molecule has 9 heteroatoms. The highest BCUT2D eigenvalue weighted by Crippen LogP contribution is 2.25. The van der Waals surface area contributed by atoms with Gasteiger partial charge in [-0.3, -0.25) is 15.1 Å². The van der Waals surface area contributed by atoms with Crippen LogP contribution in [-0.4, -0.2) is 67.9 Å². The Balaban J connectivity index is 1.31. The summed E-state index contributed by atoms with van der Waals surface area (Å²) in [6.45, 7) is 5.29. The van der Waals surface area contributed by atoms with Crippen molar-refractivity contribution in [3.05, 3.63) is 58.1 Å². The van der Waals surface area contributed by atoms with E-state index in [1.54, 1.807) is 13.2 Å². The lowest BCUT2D eigenvalue weighted by Crippen LogP contribution is -2.47. The van der Waals surface area contributed by atoms with E-state index in [4.69, 9.17) is 27.9 Å². The van der Waals surface area contributed by atoms with E-state index in [2.05, 4.69) is 32.5 Å². The molecule has 170 valence electrons. The molecule has 2 aromatic rings. The van der Waals surface area contributed by atoms with Gasteiger partial charge in [-0.15, -0.1) is 0 Å². The Labute approximate surface area is 198 Å². The van der Waals surface area contributed by atoms with Gasteiger partial charge < -0.3 is 14.5 Å². The first-order valence-electron chi connectivity index (χ1n) is 10.7. The number of nitrogens with one attached hydrogen (secondary N) is 1. The summed E-state index contributed by atoms with van der Waals surface area (Å²) in [6.07, 6.45) is 1.17. The van der Waals surface area contributed by atoms with E-state index < -0.39 is 6.17 Å². The maximum absolute atomic E-state index is 11.5. The molecular weight excluding hydrogens is 449 g/mol. The van der Waals surface area contributed by atoms with Crippen molar-refractivity contribution >= 4 is 41.0 Å². The topological polar surface area (TPSA) is 60.4 Å². The number of hydrogen-bond donors (Lipinski definition) is 1. The lowest BCUT2D eigenvalue weighted by molar-refractivity contribution is -0.111. The first-order valence-corrected chi connectivity index (χ1v) is 11.4. The van der Waals surface area contributed by atoms with E-state index in [0.29, 0.717) is 16.6 Å². The third-order valence-corrected chi connectivity index (χ3v) is 6.64. The minimum Gasteiger partial charge on any atom is -0.497 e. The lowest BCUT2D eigenvalue weighted by atomic mass is 10.2. The van der Waals surface area contributed by atoms with Gasteiger partial charge in [0, 0.05) is 57.4 Å². The fraction of sp³-hybridized carbons (Fsp3) is 0.391. The summed E-state index contributed by atoms with van der Waals surface area (Å²) in [5.41, 5.74) is 5.10. The van der Waals surface area contributed by atoms with Crippen LogP contribution in [0.4, 0.5) is 5.69 Å². The number of nitrogens with zero attached hydrogens (tertiary/aromatic N) is 4. The molecule has 0 amide bonds. The van der Waals surface area contributed by atoms with E-state index >= 15 is 0 Å². The molecule has 7 nitrogen and oxygen atoms in total. The standard InChI is InChI=1S/C23H27Cl2N5O2/c1-32-19-4-2-3-18(14-19)29-11-9-28(10-12-29)8-7-22-26-27-23(16-31)30(22)15-17-5-6-20(24)21(25)13-17/h2-6,13-14,16,23,27H,7-12,15H2,1H3. The first-order chi connectivity index (χ1) is 15.6. The number of benzene rings is 2. The molecule has 0 aliphatic carbocycles. The number of carbonyl (C=O) groups is 1. The number of hydrogen-bond acceptors (Lipinski definition) is 7. The number of ether oxygens (including phenoxy) is 1. The minimum absolute atomic E-state index is 0.468. The molecule has 0 radical (unpaired) electrons. The lowest BCUT2D eigenvalue weighted by Gasteiger charge is -2.36. The number of anilines is 1. The Hall–Kier alpha value is -2.48. The van der Waals surface area contributed by atoms with Crippen molar-refractivity contribution in [3.8, 4) is 5.75 Å². The van der Waals surface area contributed by atoms with Gasteiger partial charge in [0.15, 0.2) is 12.5 Å². The summed E-state index contributed by atoms with van der Waals surface area (Å²) in [7, 11) is 1.69. The van der Waals surface area contributed by atoms with Gasteiger partial charge in [-0.1, -0.05) is 35.3 Å². The second-order valence-corrected chi connectivity index (χ2v) is 8.71. The van der Waals surface area contributed by atoms with E-state index in [9.17, 15) is 4.79 Å². The van der Waals surface area contributed by atoms with Gasteiger partial charge in [0.25, 0.3) is 0 Å². The zero-order valence-corrected chi connectivity index (χ0v) is 19.5. The van der Waals surface area contributed by atoms with E-state index in [0.717, 1.165) is 62.6 Å². The molecule has 2 aromatic carbocycles. The third-order valence-electron chi connectivity index (χ3n) is 5.90. The number of methoxy groups -OCH3 is 1. The van der Waals surface area contributed by atoms with Crippen LogP contribution in [0.25, 0.3) is 0 Å². The van der Waals surface area contributed by atoms with Gasteiger partial charge in [0.05, 0.1) is 17.2 Å². The molecule has 1 N–H and O–H groups in total. The second-order valence-electron chi connectivity index (χ2n) is 7.89. The molecule has 1 unspecified atom stereocenters. The highest BCUT2D eigenvalue weighted by molar-refractivity contribution is 6.42. The molecule has 0 saturated carbocycles. The summed E-state index contributed by atoms with van der Waals surface area (Å²) in [6, 6.07) is 13.7. The monoisotopic (exact) mass is 475 g/mol. The van der Waals surface area contributed by atoms with Crippen molar-refractivity contribution in [3.63, 3.8) is 0 Å². The number of carbonyl (C=O) groups excluding carboxylic acids is 1. The molecule has 1 atom stereocenters. The van der Waals surface area contributed by atoms with Gasteiger partial charge >= 0.3 is 0 Å². The maximum atomic E-state index is 11.5. The van der Waals surface area contributed by atoms with Crippen LogP contribution in [0.1, 0.15) is 12.0 Å². The maximum Gasteiger partial charge on any atom is 0.173 e. The van der Waals surface area contributed by atoms with Crippen molar-refractivity contribution in [2.45, 2.75) is 19.1 Å². The van der Waals surface area contributed by atoms with E-state index in [-0.39, 0.29) is 0 Å². The average Bonchev–Trinajstić information content (AvgIpc) is 3.21. The van der Waals surface area contributed by atoms with Gasteiger partial charge in [-0.05, 0) is 29.8 Å². The minimum atomic E-state index is -0.468. The molecule has 0 spiro atoms. The molecule has 1 fully saturated rings. The smallest absolute Gasteiger partial charge is 0.173 e. The molecular formula is C23H27Cl2N5O2. The Morgan fingerprint density at radius 3 is 2.66 bits per heavy atom. The molecule has 32 heavy (non-hydrogen) atoms. The number of hydrazone groups is 1. The predicted molar refractivity (Wildman–Crippen MR) is 129 cm³/mol. The number of piperazine rings is 1. The van der Waals surface area contributed by atoms with E-state index in [1.165, 1.54) is 5.69 Å². The molecule has 2 heterocycles. The van der Waals surface area contributed by atoms with E-state index in [1.807, 2.05) is 29.2 Å². The van der Waals surface area contributed by atoms with Crippen molar-refractivity contribution in [2.75, 3.05) is 44.7 Å². The Morgan fingerprint density at radius 2 is 1.94 bits per heavy atom. The summed E-state index contributed by atoms with van der Waals surface area (Å²) in [5, 5.41) is 5.45. The van der Waals surface area contributed by atoms with Gasteiger partial charge in [0.1, 0.15) is 11.6 Å². The summed E-state index contributed by atoms with van der Waals surface area (Å²) >= 11 is 12.2. The van der Waals surface area contributed by atoms with Crippen molar-refractivity contribution in [2.24, 2.45) is 5.10 Å². The largest absolute Gasteiger partial charge is 0.497 e. The molecule has 0 bridgehead atoms. The van der Waals surface area contributed by atoms with Crippen LogP contribution in [0.3, 0.4) is 0 Å². The molecule has 4 rings (SSSR count). The number of halogens is 2. The van der Waals surface area contributed by atoms with Crippen LogP contribution in [0, 0.1) is 0 Å². The molecule has 2 aliphatic heterocycles. The van der Waals surface area contributed by atoms with Crippen LogP contribution < -0.4 is 15.1 Å². The van der Waals surface area contributed by atoms with Crippen LogP contribution in [0.2, 0.25) is 10.0 Å². The molecule has 2 aliphatic rings. The zero-order chi connectivity index (χ0) is 22.5. The Morgan fingerprint density at radius 1 is 1.12 bits per heavy atom. The van der Waals surface area contributed by atoms with Crippen molar-refractivity contribution in [1.29, 1.82) is 0 Å². The van der Waals surface area contributed by atoms with Crippen LogP contribution in [0.15, 0.2) is 47.6 Å². The fourth-order valence-electron chi connectivity index (χ4n) is 4.06. The number of rotatable bonds is 8. The summed E-state index contributed by atoms with van der Waals surface area (Å²) < 4.78 is 5.35. The highest BCUT2D eigenvalue weighted by Gasteiger charge is 2.28. The SMILES string of the molecule is COc1cccc(N2CCN(CCC3=NNC(C=O)N3Cc3ccc(Cl)c(Cl)c3)CC2)c1. The van der Waals surface area contributed by atoms with Crippen molar-refractivity contribution < 1.29 is 9.53 Å². The van der Waals surface area contributed by atoms with Gasteiger partial charge in [-0.25, -0.2) is 0 Å². The second kappa shape index (κ2) is 10.4. The Bertz CT molecular complexity index is 979. The summed E-state index contributed by atoms with van der Waals surface area (Å²) in [4.78, 5) is 18.3. The fourth-order valence-corrected chi connectivity index (χ4v) is 4.38. The molecule has 1 saturated heterocycles. The third kappa shape index (κ3) is 5.28. The zero-order valence-electron chi connectivity index (χ0n) is 18.0. The Kier molecular flexibility index (Phi) is 7.40. The quantitative estimate of drug-likeness (QED) is 0.589. The van der Waals surface area contributed by atoms with Crippen molar-refractivity contribution in [1.82, 2.24) is 15.2 Å². The van der Waals surface area contributed by atoms with Crippen LogP contribution in [-0.2, 0) is 11.3 Å². The van der Waals surface area contributed by atoms with Crippen LogP contribution >= 0.6 is 23.2 Å². The van der Waals surface area contributed by atoms with Crippen LogP contribution in [0.5, 0.6) is 5.75 Å². The van der Waals surface area contributed by atoms with Gasteiger partial charge in [-0.2, -0.15) is 5.10 Å². The average molecular weight is 476 g/mol. The normalized spacial score (nSPS) is 19.0. The highest BCUT2D eigenvalue weighted by atomic mass is 35.5. The summed E-state index contributed by atoms with van der Waals surface area (Å²) in [5.74, 6) is 1.76. The predicted octanol–water partition coefficient (Wildman–Crippen LogP) is 3.46. The first kappa shape index (κ1) is 22.7. The van der Waals surface area contributed by atoms with Gasteiger partial charge in [0.2, 0.25) is 0 Å². The molecule has 0 aromatic heterocycles. The number of amidine groups is 1.